The van der Waals surface area contributed by atoms with Crippen molar-refractivity contribution in [2.24, 2.45) is 5.10 Å². The SMILES string of the molecule is Cc1nnc(SCC(=O)N/N=C\c2cccs2)s1. The van der Waals surface area contributed by atoms with Crippen molar-refractivity contribution in [2.75, 3.05) is 5.75 Å². The van der Waals surface area contributed by atoms with Gasteiger partial charge in [-0.05, 0) is 18.4 Å². The Bertz CT molecular complexity index is 535. The number of hydrogen-bond donors (Lipinski definition) is 1. The minimum absolute atomic E-state index is 0.152. The Labute approximate surface area is 116 Å². The van der Waals surface area contributed by atoms with Crippen LogP contribution in [-0.4, -0.2) is 28.1 Å². The van der Waals surface area contributed by atoms with Crippen LogP contribution in [0.5, 0.6) is 0 Å². The van der Waals surface area contributed by atoms with Crippen molar-refractivity contribution in [1.82, 2.24) is 15.6 Å². The fourth-order valence-corrected chi connectivity index (χ4v) is 3.22. The second kappa shape index (κ2) is 6.62. The molecule has 18 heavy (non-hydrogen) atoms. The molecule has 2 aromatic heterocycles. The number of aromatic nitrogens is 2. The number of nitrogens with zero attached hydrogens (tertiary/aromatic N) is 3. The molecule has 0 spiro atoms. The van der Waals surface area contributed by atoms with E-state index in [0.717, 1.165) is 14.2 Å². The lowest BCUT2D eigenvalue weighted by Gasteiger charge is -1.96. The lowest BCUT2D eigenvalue weighted by Crippen LogP contribution is -2.19. The van der Waals surface area contributed by atoms with Crippen LogP contribution < -0.4 is 5.43 Å². The van der Waals surface area contributed by atoms with Gasteiger partial charge in [-0.15, -0.1) is 21.5 Å². The molecule has 0 aromatic carbocycles. The van der Waals surface area contributed by atoms with E-state index in [9.17, 15) is 4.79 Å². The topological polar surface area (TPSA) is 67.2 Å². The number of thioether (sulfide) groups is 1. The van der Waals surface area contributed by atoms with E-state index in [4.69, 9.17) is 0 Å². The molecule has 0 saturated heterocycles. The fourth-order valence-electron chi connectivity index (χ4n) is 1.03. The van der Waals surface area contributed by atoms with Gasteiger partial charge in [0.1, 0.15) is 5.01 Å². The van der Waals surface area contributed by atoms with Gasteiger partial charge < -0.3 is 0 Å². The largest absolute Gasteiger partial charge is 0.272 e. The first-order valence-electron chi connectivity index (χ1n) is 5.02. The Hall–Kier alpha value is -1.25. The summed E-state index contributed by atoms with van der Waals surface area (Å²) in [6.45, 7) is 1.88. The molecule has 0 saturated carbocycles. The van der Waals surface area contributed by atoms with Crippen molar-refractivity contribution >= 4 is 46.6 Å². The van der Waals surface area contributed by atoms with E-state index in [0.29, 0.717) is 0 Å². The summed E-state index contributed by atoms with van der Waals surface area (Å²) in [5, 5.41) is 14.5. The third-order valence-electron chi connectivity index (χ3n) is 1.76. The van der Waals surface area contributed by atoms with Crippen LogP contribution in [0.3, 0.4) is 0 Å². The summed E-state index contributed by atoms with van der Waals surface area (Å²) in [6.07, 6.45) is 1.63. The molecule has 1 amide bonds. The molecule has 5 nitrogen and oxygen atoms in total. The molecule has 2 aromatic rings. The Balaban J connectivity index is 1.72. The molecule has 0 aliphatic carbocycles. The van der Waals surface area contributed by atoms with Gasteiger partial charge in [-0.2, -0.15) is 5.10 Å². The molecule has 0 fully saturated rings. The molecule has 0 unspecified atom stereocenters. The van der Waals surface area contributed by atoms with E-state index in [-0.39, 0.29) is 11.7 Å². The van der Waals surface area contributed by atoms with Gasteiger partial charge in [0.2, 0.25) is 0 Å². The first-order chi connectivity index (χ1) is 8.74. The molecule has 2 heterocycles. The molecule has 94 valence electrons. The molecule has 0 aliphatic rings. The quantitative estimate of drug-likeness (QED) is 0.522. The number of aryl methyl sites for hydroxylation is 1. The zero-order valence-electron chi connectivity index (χ0n) is 9.49. The van der Waals surface area contributed by atoms with Crippen LogP contribution in [0.1, 0.15) is 9.88 Å². The first kappa shape index (κ1) is 13.2. The summed E-state index contributed by atoms with van der Waals surface area (Å²) < 4.78 is 0.796. The summed E-state index contributed by atoms with van der Waals surface area (Å²) >= 11 is 4.40. The monoisotopic (exact) mass is 298 g/mol. The Morgan fingerprint density at radius 2 is 2.50 bits per heavy atom. The molecule has 1 N–H and O–H groups in total. The van der Waals surface area contributed by atoms with Crippen LogP contribution in [-0.2, 0) is 4.79 Å². The number of nitrogens with one attached hydrogen (secondary N) is 1. The number of hydrazone groups is 1. The van der Waals surface area contributed by atoms with Crippen molar-refractivity contribution in [3.63, 3.8) is 0 Å². The predicted octanol–water partition coefficient (Wildman–Crippen LogP) is 2.15. The van der Waals surface area contributed by atoms with Crippen molar-refractivity contribution < 1.29 is 4.79 Å². The first-order valence-corrected chi connectivity index (χ1v) is 7.70. The third kappa shape index (κ3) is 4.21. The lowest BCUT2D eigenvalue weighted by molar-refractivity contribution is -0.118. The zero-order chi connectivity index (χ0) is 12.8. The van der Waals surface area contributed by atoms with Gasteiger partial charge in [-0.25, -0.2) is 5.43 Å². The molecule has 2 rings (SSSR count). The summed E-state index contributed by atoms with van der Waals surface area (Å²) in [5.74, 6) is 0.136. The van der Waals surface area contributed by atoms with E-state index in [1.807, 2.05) is 24.4 Å². The minimum atomic E-state index is -0.152. The third-order valence-corrected chi connectivity index (χ3v) is 4.54. The van der Waals surface area contributed by atoms with Crippen molar-refractivity contribution in [3.05, 3.63) is 27.4 Å². The number of carbonyl (C=O) groups is 1. The van der Waals surface area contributed by atoms with Gasteiger partial charge in [-0.1, -0.05) is 29.2 Å². The van der Waals surface area contributed by atoms with E-state index >= 15 is 0 Å². The van der Waals surface area contributed by atoms with Crippen LogP contribution in [0.2, 0.25) is 0 Å². The predicted molar refractivity (Wildman–Crippen MR) is 75.4 cm³/mol. The number of amides is 1. The lowest BCUT2D eigenvalue weighted by atomic mass is 10.5. The Kier molecular flexibility index (Phi) is 4.85. The molecule has 0 aliphatic heterocycles. The molecular weight excluding hydrogens is 288 g/mol. The van der Waals surface area contributed by atoms with Crippen LogP contribution >= 0.6 is 34.4 Å². The number of carbonyl (C=O) groups excluding carboxylic acids is 1. The molecule has 0 atom stereocenters. The number of hydrogen-bond acceptors (Lipinski definition) is 7. The Morgan fingerprint density at radius 3 is 3.17 bits per heavy atom. The van der Waals surface area contributed by atoms with E-state index in [1.54, 1.807) is 17.6 Å². The highest BCUT2D eigenvalue weighted by atomic mass is 32.2. The molecule has 8 heteroatoms. The number of rotatable bonds is 5. The van der Waals surface area contributed by atoms with Crippen molar-refractivity contribution in [1.29, 1.82) is 0 Å². The number of thiophene rings is 1. The Morgan fingerprint density at radius 1 is 1.61 bits per heavy atom. The van der Waals surface area contributed by atoms with Crippen LogP contribution in [0, 0.1) is 6.92 Å². The maximum atomic E-state index is 11.5. The fraction of sp³-hybridized carbons (Fsp3) is 0.200. The van der Waals surface area contributed by atoms with Gasteiger partial charge in [0.05, 0.1) is 12.0 Å². The van der Waals surface area contributed by atoms with Gasteiger partial charge in [-0.3, -0.25) is 4.79 Å². The summed E-state index contributed by atoms with van der Waals surface area (Å²) in [4.78, 5) is 12.5. The van der Waals surface area contributed by atoms with Gasteiger partial charge >= 0.3 is 0 Å². The van der Waals surface area contributed by atoms with Crippen LogP contribution in [0.4, 0.5) is 0 Å². The highest BCUT2D eigenvalue weighted by Gasteiger charge is 2.05. The summed E-state index contributed by atoms with van der Waals surface area (Å²) in [6, 6.07) is 3.86. The van der Waals surface area contributed by atoms with E-state index < -0.39 is 0 Å². The maximum absolute atomic E-state index is 11.5. The highest BCUT2D eigenvalue weighted by Crippen LogP contribution is 2.21. The molecule has 0 bridgehead atoms. The molecule has 0 radical (unpaired) electrons. The molecular formula is C10H10N4OS3. The minimum Gasteiger partial charge on any atom is -0.272 e. The van der Waals surface area contributed by atoms with E-state index in [1.165, 1.54) is 23.1 Å². The maximum Gasteiger partial charge on any atom is 0.250 e. The zero-order valence-corrected chi connectivity index (χ0v) is 11.9. The van der Waals surface area contributed by atoms with Crippen molar-refractivity contribution in [3.8, 4) is 0 Å². The van der Waals surface area contributed by atoms with Crippen LogP contribution in [0.15, 0.2) is 27.0 Å². The second-order valence-electron chi connectivity index (χ2n) is 3.18. The average molecular weight is 298 g/mol. The summed E-state index contributed by atoms with van der Waals surface area (Å²) in [7, 11) is 0. The van der Waals surface area contributed by atoms with Gasteiger partial charge in [0.25, 0.3) is 5.91 Å². The highest BCUT2D eigenvalue weighted by molar-refractivity contribution is 8.01. The smallest absolute Gasteiger partial charge is 0.250 e. The van der Waals surface area contributed by atoms with Gasteiger partial charge in [0, 0.05) is 4.88 Å². The van der Waals surface area contributed by atoms with Crippen molar-refractivity contribution in [2.45, 2.75) is 11.3 Å². The summed E-state index contributed by atoms with van der Waals surface area (Å²) in [5.41, 5.74) is 2.47. The standard InChI is InChI=1S/C10H10N4OS3/c1-7-12-14-10(18-7)17-6-9(15)13-11-5-8-3-2-4-16-8/h2-5H,6H2,1H3,(H,13,15)/b11-5-. The van der Waals surface area contributed by atoms with E-state index in [2.05, 4.69) is 20.7 Å². The average Bonchev–Trinajstić information content (AvgIpc) is 2.98. The second-order valence-corrected chi connectivity index (χ2v) is 6.57. The van der Waals surface area contributed by atoms with Crippen LogP contribution in [0.25, 0.3) is 0 Å². The van der Waals surface area contributed by atoms with Gasteiger partial charge in [0.15, 0.2) is 4.34 Å². The normalized spacial score (nSPS) is 10.9.